The molecular formula is C18H18N2O7S. The zero-order chi connectivity index (χ0) is 21.1. The molecule has 148 valence electrons. The number of nitrogens with zero attached hydrogens (tertiary/aromatic N) is 1. The Kier molecular flexibility index (Phi) is 6.14. The van der Waals surface area contributed by atoms with Gasteiger partial charge in [0, 0.05) is 18.0 Å². The molecule has 2 rings (SSSR count). The highest BCUT2D eigenvalue weighted by Crippen LogP contribution is 2.25. The molecule has 0 radical (unpaired) electrons. The molecule has 0 aliphatic carbocycles. The third-order valence-corrected chi connectivity index (χ3v) is 4.94. The van der Waals surface area contributed by atoms with Gasteiger partial charge in [0.1, 0.15) is 4.90 Å². The Bertz CT molecular complexity index is 1060. The van der Waals surface area contributed by atoms with E-state index in [1.54, 1.807) is 6.07 Å². The summed E-state index contributed by atoms with van der Waals surface area (Å²) >= 11 is 0. The molecule has 0 bridgehead atoms. The Hall–Kier alpha value is -3.27. The summed E-state index contributed by atoms with van der Waals surface area (Å²) in [4.78, 5) is 33.8. The molecule has 0 fully saturated rings. The van der Waals surface area contributed by atoms with E-state index in [9.17, 15) is 28.1 Å². The second-order valence-corrected chi connectivity index (χ2v) is 8.14. The molecular weight excluding hydrogens is 388 g/mol. The fourth-order valence-corrected chi connectivity index (χ4v) is 3.20. The average molecular weight is 406 g/mol. The van der Waals surface area contributed by atoms with Crippen molar-refractivity contribution in [3.05, 3.63) is 63.2 Å². The van der Waals surface area contributed by atoms with Gasteiger partial charge in [-0.25, -0.2) is 13.2 Å². The van der Waals surface area contributed by atoms with Crippen LogP contribution in [0, 0.1) is 24.0 Å². The Labute approximate surface area is 161 Å². The number of esters is 1. The highest BCUT2D eigenvalue weighted by Gasteiger charge is 2.24. The molecule has 28 heavy (non-hydrogen) atoms. The van der Waals surface area contributed by atoms with E-state index in [1.807, 2.05) is 26.0 Å². The van der Waals surface area contributed by atoms with E-state index in [-0.39, 0.29) is 5.56 Å². The quantitative estimate of drug-likeness (QED) is 0.442. The first-order valence-electron chi connectivity index (χ1n) is 8.02. The van der Waals surface area contributed by atoms with Gasteiger partial charge in [0.05, 0.1) is 10.5 Å². The number of nitro groups is 1. The van der Waals surface area contributed by atoms with Gasteiger partial charge in [-0.05, 0) is 43.2 Å². The first-order valence-corrected chi connectivity index (χ1v) is 9.91. The minimum Gasteiger partial charge on any atom is -0.452 e. The normalized spacial score (nSPS) is 11.0. The van der Waals surface area contributed by atoms with E-state index in [0.29, 0.717) is 5.69 Å². The van der Waals surface area contributed by atoms with Gasteiger partial charge in [-0.15, -0.1) is 0 Å². The van der Waals surface area contributed by atoms with Crippen LogP contribution in [0.1, 0.15) is 21.5 Å². The number of rotatable bonds is 6. The molecule has 0 spiro atoms. The van der Waals surface area contributed by atoms with Crippen molar-refractivity contribution in [3.63, 3.8) is 0 Å². The van der Waals surface area contributed by atoms with Crippen LogP contribution in [0.4, 0.5) is 11.4 Å². The maximum Gasteiger partial charge on any atom is 0.338 e. The van der Waals surface area contributed by atoms with E-state index >= 15 is 0 Å². The van der Waals surface area contributed by atoms with Crippen LogP contribution in [0.5, 0.6) is 0 Å². The number of aryl methyl sites for hydroxylation is 2. The number of carbonyl (C=O) groups excluding carboxylic acids is 2. The molecule has 0 saturated heterocycles. The van der Waals surface area contributed by atoms with E-state index in [4.69, 9.17) is 4.74 Å². The van der Waals surface area contributed by atoms with E-state index in [2.05, 4.69) is 5.32 Å². The first-order chi connectivity index (χ1) is 13.0. The first kappa shape index (κ1) is 21.0. The number of hydrogen-bond acceptors (Lipinski definition) is 7. The molecule has 0 aromatic heterocycles. The van der Waals surface area contributed by atoms with Crippen LogP contribution in [0.3, 0.4) is 0 Å². The van der Waals surface area contributed by atoms with Gasteiger partial charge in [-0.1, -0.05) is 12.1 Å². The number of nitrogens with one attached hydrogen (secondary N) is 1. The second-order valence-electron chi connectivity index (χ2n) is 6.15. The summed E-state index contributed by atoms with van der Waals surface area (Å²) in [6.07, 6.45) is 0.824. The fourth-order valence-electron chi connectivity index (χ4n) is 2.37. The molecule has 0 heterocycles. The molecule has 0 aliphatic rings. The molecule has 9 nitrogen and oxygen atoms in total. The number of nitro benzene ring substituents is 1. The minimum atomic E-state index is -3.85. The van der Waals surface area contributed by atoms with Crippen molar-refractivity contribution in [1.82, 2.24) is 0 Å². The van der Waals surface area contributed by atoms with Gasteiger partial charge in [0.25, 0.3) is 11.6 Å². The summed E-state index contributed by atoms with van der Waals surface area (Å²) in [6.45, 7) is 3.07. The van der Waals surface area contributed by atoms with Gasteiger partial charge in [0.2, 0.25) is 0 Å². The number of amides is 1. The van der Waals surface area contributed by atoms with Gasteiger partial charge >= 0.3 is 5.97 Å². The van der Waals surface area contributed by atoms with Gasteiger partial charge in [-0.2, -0.15) is 0 Å². The van der Waals surface area contributed by atoms with Crippen LogP contribution in [0.25, 0.3) is 0 Å². The summed E-state index contributed by atoms with van der Waals surface area (Å²) in [5.41, 5.74) is 1.37. The number of carbonyl (C=O) groups is 2. The summed E-state index contributed by atoms with van der Waals surface area (Å²) in [7, 11) is -3.85. The Morgan fingerprint density at radius 1 is 1.14 bits per heavy atom. The van der Waals surface area contributed by atoms with Crippen molar-refractivity contribution >= 4 is 33.1 Å². The standard InChI is InChI=1S/C18H18N2O7S/c1-11-4-5-12(2)14(8-11)19-17(21)10-27-18(22)13-6-7-16(28(3,25)26)15(9-13)20(23)24/h4-9H,10H2,1-3H3,(H,19,21). The Morgan fingerprint density at radius 2 is 1.82 bits per heavy atom. The second kappa shape index (κ2) is 8.17. The SMILES string of the molecule is Cc1ccc(C)c(NC(=O)COC(=O)c2ccc(S(C)(=O)=O)c([N+](=O)[O-])c2)c1. The number of anilines is 1. The summed E-state index contributed by atoms with van der Waals surface area (Å²) in [5.74, 6) is -1.57. The maximum atomic E-state index is 12.1. The zero-order valence-corrected chi connectivity index (χ0v) is 16.2. The van der Waals surface area contributed by atoms with Crippen molar-refractivity contribution in [2.45, 2.75) is 18.7 Å². The molecule has 2 aromatic carbocycles. The largest absolute Gasteiger partial charge is 0.452 e. The fraction of sp³-hybridized carbons (Fsp3) is 0.222. The number of sulfone groups is 1. The lowest BCUT2D eigenvalue weighted by Gasteiger charge is -2.10. The van der Waals surface area contributed by atoms with E-state index in [0.717, 1.165) is 35.6 Å². The van der Waals surface area contributed by atoms with Crippen molar-refractivity contribution in [2.75, 3.05) is 18.2 Å². The monoisotopic (exact) mass is 406 g/mol. The molecule has 0 unspecified atom stereocenters. The molecule has 2 aromatic rings. The zero-order valence-electron chi connectivity index (χ0n) is 15.4. The highest BCUT2D eigenvalue weighted by molar-refractivity contribution is 7.90. The number of benzene rings is 2. The maximum absolute atomic E-state index is 12.1. The summed E-state index contributed by atoms with van der Waals surface area (Å²) in [5, 5.41) is 13.7. The number of hydrogen-bond donors (Lipinski definition) is 1. The molecule has 0 aliphatic heterocycles. The topological polar surface area (TPSA) is 133 Å². The van der Waals surface area contributed by atoms with Crippen molar-refractivity contribution < 1.29 is 27.7 Å². The molecule has 0 atom stereocenters. The van der Waals surface area contributed by atoms with Crippen molar-refractivity contribution in [2.24, 2.45) is 0 Å². The lowest BCUT2D eigenvalue weighted by atomic mass is 10.1. The van der Waals surface area contributed by atoms with Crippen LogP contribution in [0.2, 0.25) is 0 Å². The molecule has 0 saturated carbocycles. The third kappa shape index (κ3) is 5.13. The lowest BCUT2D eigenvalue weighted by Crippen LogP contribution is -2.21. The van der Waals surface area contributed by atoms with Crippen LogP contribution in [-0.2, 0) is 19.4 Å². The van der Waals surface area contributed by atoms with Crippen LogP contribution in [0.15, 0.2) is 41.3 Å². The van der Waals surface area contributed by atoms with Crippen LogP contribution < -0.4 is 5.32 Å². The van der Waals surface area contributed by atoms with Gasteiger partial charge in [0.15, 0.2) is 16.4 Å². The predicted octanol–water partition coefficient (Wildman–Crippen LogP) is 2.41. The van der Waals surface area contributed by atoms with Crippen LogP contribution >= 0.6 is 0 Å². The third-order valence-electron chi connectivity index (χ3n) is 3.79. The van der Waals surface area contributed by atoms with E-state index in [1.165, 1.54) is 0 Å². The highest BCUT2D eigenvalue weighted by atomic mass is 32.2. The van der Waals surface area contributed by atoms with E-state index < -0.39 is 43.8 Å². The van der Waals surface area contributed by atoms with Crippen molar-refractivity contribution in [1.29, 1.82) is 0 Å². The molecule has 10 heteroatoms. The van der Waals surface area contributed by atoms with Crippen molar-refractivity contribution in [3.8, 4) is 0 Å². The smallest absolute Gasteiger partial charge is 0.338 e. The number of ether oxygens (including phenoxy) is 1. The summed E-state index contributed by atoms with van der Waals surface area (Å²) in [6, 6.07) is 8.34. The Morgan fingerprint density at radius 3 is 2.43 bits per heavy atom. The molecule has 1 N–H and O–H groups in total. The molecule has 1 amide bonds. The van der Waals surface area contributed by atoms with Crippen LogP contribution in [-0.4, -0.2) is 38.1 Å². The van der Waals surface area contributed by atoms with Gasteiger partial charge < -0.3 is 10.1 Å². The lowest BCUT2D eigenvalue weighted by molar-refractivity contribution is -0.387. The summed E-state index contributed by atoms with van der Waals surface area (Å²) < 4.78 is 28.1. The average Bonchev–Trinajstić information content (AvgIpc) is 2.61. The predicted molar refractivity (Wildman–Crippen MR) is 101 cm³/mol. The Balaban J connectivity index is 2.10. The minimum absolute atomic E-state index is 0.237. The van der Waals surface area contributed by atoms with Gasteiger partial charge in [-0.3, -0.25) is 14.9 Å².